The molecule has 0 heterocycles. The minimum absolute atomic E-state index is 0.518. The number of hydrogen-bond donors (Lipinski definition) is 1. The van der Waals surface area contributed by atoms with E-state index in [2.05, 4.69) is 0 Å². The first-order chi connectivity index (χ1) is 9.19. The Morgan fingerprint density at radius 1 is 1.00 bits per heavy atom. The van der Waals surface area contributed by atoms with E-state index in [1.807, 2.05) is 67.6 Å². The fourth-order valence-electron chi connectivity index (χ4n) is 2.48. The van der Waals surface area contributed by atoms with Crippen molar-refractivity contribution in [3.8, 4) is 0 Å². The van der Waals surface area contributed by atoms with E-state index < -0.39 is 11.4 Å². The molecule has 2 nitrogen and oxygen atoms in total. The van der Waals surface area contributed by atoms with Gasteiger partial charge in [-0.05, 0) is 24.0 Å². The van der Waals surface area contributed by atoms with E-state index in [0.717, 1.165) is 11.1 Å². The summed E-state index contributed by atoms with van der Waals surface area (Å²) in [5.74, 6) is -0.759. The van der Waals surface area contributed by atoms with Gasteiger partial charge in [0.05, 0.1) is 5.41 Å². The summed E-state index contributed by atoms with van der Waals surface area (Å²) >= 11 is 0. The molecule has 0 aromatic heterocycles. The predicted molar refractivity (Wildman–Crippen MR) is 76.2 cm³/mol. The molecule has 2 heteroatoms. The summed E-state index contributed by atoms with van der Waals surface area (Å²) < 4.78 is 0. The summed E-state index contributed by atoms with van der Waals surface area (Å²) in [6.45, 7) is 1.93. The highest BCUT2D eigenvalue weighted by molar-refractivity contribution is 5.81. The number of aliphatic carboxylic acids is 1. The molecule has 1 N–H and O–H groups in total. The van der Waals surface area contributed by atoms with Crippen LogP contribution < -0.4 is 0 Å². The van der Waals surface area contributed by atoms with Crippen LogP contribution in [0.3, 0.4) is 0 Å². The number of carboxylic acid groups (broad SMARTS) is 1. The monoisotopic (exact) mass is 254 g/mol. The zero-order valence-electron chi connectivity index (χ0n) is 11.0. The lowest BCUT2D eigenvalue weighted by Gasteiger charge is -2.29. The average molecular weight is 254 g/mol. The van der Waals surface area contributed by atoms with E-state index in [9.17, 15) is 9.90 Å². The Morgan fingerprint density at radius 3 is 2.00 bits per heavy atom. The zero-order chi connectivity index (χ0) is 13.7. The van der Waals surface area contributed by atoms with Crippen LogP contribution in [0.15, 0.2) is 60.7 Å². The third-order valence-corrected chi connectivity index (χ3v) is 3.69. The Kier molecular flexibility index (Phi) is 4.00. The highest BCUT2D eigenvalue weighted by atomic mass is 16.4. The number of carbonyl (C=O) groups is 1. The van der Waals surface area contributed by atoms with Crippen molar-refractivity contribution in [1.82, 2.24) is 0 Å². The van der Waals surface area contributed by atoms with Crippen LogP contribution in [0.5, 0.6) is 0 Å². The molecule has 0 aliphatic rings. The van der Waals surface area contributed by atoms with Crippen LogP contribution in [0.25, 0.3) is 0 Å². The highest BCUT2D eigenvalue weighted by Gasteiger charge is 2.38. The number of hydrogen-bond acceptors (Lipinski definition) is 1. The van der Waals surface area contributed by atoms with E-state index in [1.165, 1.54) is 0 Å². The van der Waals surface area contributed by atoms with Gasteiger partial charge in [-0.25, -0.2) is 0 Å². The standard InChI is InChI=1S/C17H18O2/c1-2-17(16(18)19,15-11-7-4-8-12-15)13-14-9-5-3-6-10-14/h3-12H,2,13H2,1H3,(H,18,19). The van der Waals surface area contributed by atoms with Gasteiger partial charge in [0.15, 0.2) is 0 Å². The molecule has 1 atom stereocenters. The van der Waals surface area contributed by atoms with Crippen molar-refractivity contribution < 1.29 is 9.90 Å². The lowest BCUT2D eigenvalue weighted by molar-refractivity contribution is -0.144. The zero-order valence-corrected chi connectivity index (χ0v) is 11.0. The van der Waals surface area contributed by atoms with Crippen molar-refractivity contribution in [2.24, 2.45) is 0 Å². The summed E-state index contributed by atoms with van der Waals surface area (Å²) in [6.07, 6.45) is 1.09. The van der Waals surface area contributed by atoms with Gasteiger partial charge >= 0.3 is 5.97 Å². The molecule has 0 spiro atoms. The van der Waals surface area contributed by atoms with E-state index in [4.69, 9.17) is 0 Å². The molecule has 0 bridgehead atoms. The average Bonchev–Trinajstić information content (AvgIpc) is 2.46. The molecule has 0 fully saturated rings. The van der Waals surface area contributed by atoms with Crippen molar-refractivity contribution in [2.45, 2.75) is 25.2 Å². The minimum atomic E-state index is -0.845. The maximum Gasteiger partial charge on any atom is 0.314 e. The van der Waals surface area contributed by atoms with Crippen LogP contribution >= 0.6 is 0 Å². The largest absolute Gasteiger partial charge is 0.481 e. The Bertz CT molecular complexity index is 534. The summed E-state index contributed by atoms with van der Waals surface area (Å²) in [5, 5.41) is 9.74. The second kappa shape index (κ2) is 5.70. The first kappa shape index (κ1) is 13.3. The lowest BCUT2D eigenvalue weighted by Crippen LogP contribution is -2.37. The van der Waals surface area contributed by atoms with E-state index in [0.29, 0.717) is 12.8 Å². The molecule has 0 radical (unpaired) electrons. The molecule has 0 amide bonds. The number of rotatable bonds is 5. The Morgan fingerprint density at radius 2 is 1.53 bits per heavy atom. The molecular formula is C17H18O2. The van der Waals surface area contributed by atoms with Crippen LogP contribution in [-0.4, -0.2) is 11.1 Å². The molecule has 2 rings (SSSR count). The fraction of sp³-hybridized carbons (Fsp3) is 0.235. The summed E-state index contributed by atoms with van der Waals surface area (Å²) in [7, 11) is 0. The number of benzene rings is 2. The predicted octanol–water partition coefficient (Wildman–Crippen LogP) is 3.66. The quantitative estimate of drug-likeness (QED) is 0.884. The van der Waals surface area contributed by atoms with Gasteiger partial charge in [-0.15, -0.1) is 0 Å². The molecule has 0 saturated carbocycles. The van der Waals surface area contributed by atoms with Crippen molar-refractivity contribution in [1.29, 1.82) is 0 Å². The molecule has 0 aliphatic carbocycles. The molecule has 2 aromatic carbocycles. The number of carboxylic acids is 1. The first-order valence-corrected chi connectivity index (χ1v) is 6.52. The van der Waals surface area contributed by atoms with Gasteiger partial charge in [0.25, 0.3) is 0 Å². The SMILES string of the molecule is CCC(Cc1ccccc1)(C(=O)O)c1ccccc1. The fourth-order valence-corrected chi connectivity index (χ4v) is 2.48. The normalized spacial score (nSPS) is 13.7. The third-order valence-electron chi connectivity index (χ3n) is 3.69. The summed E-state index contributed by atoms with van der Waals surface area (Å²) in [6, 6.07) is 19.3. The smallest absolute Gasteiger partial charge is 0.314 e. The van der Waals surface area contributed by atoms with Crippen LogP contribution in [0, 0.1) is 0 Å². The van der Waals surface area contributed by atoms with E-state index in [1.54, 1.807) is 0 Å². The second-order valence-electron chi connectivity index (χ2n) is 4.77. The molecule has 0 saturated heterocycles. The Balaban J connectivity index is 2.44. The third kappa shape index (κ3) is 2.68. The van der Waals surface area contributed by atoms with Gasteiger partial charge in [0.2, 0.25) is 0 Å². The van der Waals surface area contributed by atoms with E-state index in [-0.39, 0.29) is 0 Å². The van der Waals surface area contributed by atoms with Gasteiger partial charge in [0, 0.05) is 0 Å². The van der Waals surface area contributed by atoms with Crippen LogP contribution in [0.1, 0.15) is 24.5 Å². The summed E-state index contributed by atoms with van der Waals surface area (Å²) in [5.41, 5.74) is 1.08. The molecule has 0 aliphatic heterocycles. The Labute approximate surface area is 113 Å². The molecule has 1 unspecified atom stereocenters. The van der Waals surface area contributed by atoms with Crippen LogP contribution in [-0.2, 0) is 16.6 Å². The van der Waals surface area contributed by atoms with Crippen LogP contribution in [0.2, 0.25) is 0 Å². The van der Waals surface area contributed by atoms with Crippen LogP contribution in [0.4, 0.5) is 0 Å². The van der Waals surface area contributed by atoms with Crippen molar-refractivity contribution in [3.05, 3.63) is 71.8 Å². The van der Waals surface area contributed by atoms with Crippen molar-refractivity contribution in [2.75, 3.05) is 0 Å². The molecular weight excluding hydrogens is 236 g/mol. The molecule has 2 aromatic rings. The maximum absolute atomic E-state index is 11.9. The summed E-state index contributed by atoms with van der Waals surface area (Å²) in [4.78, 5) is 11.9. The first-order valence-electron chi connectivity index (χ1n) is 6.52. The minimum Gasteiger partial charge on any atom is -0.481 e. The van der Waals surface area contributed by atoms with Crippen molar-refractivity contribution in [3.63, 3.8) is 0 Å². The van der Waals surface area contributed by atoms with Gasteiger partial charge < -0.3 is 5.11 Å². The highest BCUT2D eigenvalue weighted by Crippen LogP contribution is 2.32. The molecule has 19 heavy (non-hydrogen) atoms. The van der Waals surface area contributed by atoms with Gasteiger partial charge in [-0.1, -0.05) is 67.6 Å². The van der Waals surface area contributed by atoms with Gasteiger partial charge in [-0.2, -0.15) is 0 Å². The maximum atomic E-state index is 11.9. The second-order valence-corrected chi connectivity index (χ2v) is 4.77. The van der Waals surface area contributed by atoms with Crippen molar-refractivity contribution >= 4 is 5.97 Å². The van der Waals surface area contributed by atoms with Gasteiger partial charge in [-0.3, -0.25) is 4.79 Å². The molecule has 98 valence electrons. The lowest BCUT2D eigenvalue weighted by atomic mass is 9.73. The van der Waals surface area contributed by atoms with Gasteiger partial charge in [0.1, 0.15) is 0 Å². The Hall–Kier alpha value is -2.09. The topological polar surface area (TPSA) is 37.3 Å². The van der Waals surface area contributed by atoms with E-state index >= 15 is 0 Å².